The molecule has 0 aliphatic carbocycles. The van der Waals surface area contributed by atoms with Crippen molar-refractivity contribution in [1.82, 2.24) is 10.2 Å². The average Bonchev–Trinajstić information content (AvgIpc) is 2.23. The number of nitrogens with zero attached hydrogens (tertiary/aromatic N) is 1. The predicted molar refractivity (Wildman–Crippen MR) is 76.6 cm³/mol. The van der Waals surface area contributed by atoms with E-state index in [4.69, 9.17) is 0 Å². The van der Waals surface area contributed by atoms with Crippen LogP contribution in [0.1, 0.15) is 34.1 Å². The molecule has 0 bridgehead atoms. The van der Waals surface area contributed by atoms with Gasteiger partial charge in [0.05, 0.1) is 5.75 Å². The van der Waals surface area contributed by atoms with Crippen molar-refractivity contribution in [2.24, 2.45) is 5.41 Å². The van der Waals surface area contributed by atoms with Crippen LogP contribution in [0.2, 0.25) is 0 Å². The van der Waals surface area contributed by atoms with Crippen LogP contribution in [0.3, 0.4) is 0 Å². The standard InChI is InChI=1S/C13H28N2O2S/c1-6-11-9-14-12(13(2,3)4)10-15(11)7-8-18(5,16)17/h11-12,14H,6-10H2,1-5H3. The first-order valence-corrected chi connectivity index (χ1v) is 8.84. The lowest BCUT2D eigenvalue weighted by atomic mass is 9.84. The lowest BCUT2D eigenvalue weighted by Crippen LogP contribution is -2.60. The summed E-state index contributed by atoms with van der Waals surface area (Å²) in [5.41, 5.74) is 0.210. The van der Waals surface area contributed by atoms with Gasteiger partial charge in [0.15, 0.2) is 0 Å². The van der Waals surface area contributed by atoms with E-state index in [9.17, 15) is 8.42 Å². The van der Waals surface area contributed by atoms with Crippen LogP contribution in [-0.2, 0) is 9.84 Å². The predicted octanol–water partition coefficient (Wildman–Crippen LogP) is 1.13. The Morgan fingerprint density at radius 1 is 1.33 bits per heavy atom. The largest absolute Gasteiger partial charge is 0.311 e. The highest BCUT2D eigenvalue weighted by molar-refractivity contribution is 7.90. The maximum absolute atomic E-state index is 11.3. The Balaban J connectivity index is 2.65. The summed E-state index contributed by atoms with van der Waals surface area (Å²) in [7, 11) is -2.87. The molecule has 18 heavy (non-hydrogen) atoms. The van der Waals surface area contributed by atoms with Gasteiger partial charge in [0.2, 0.25) is 0 Å². The van der Waals surface area contributed by atoms with Crippen molar-refractivity contribution < 1.29 is 8.42 Å². The molecule has 0 aromatic heterocycles. The van der Waals surface area contributed by atoms with Gasteiger partial charge in [0.25, 0.3) is 0 Å². The minimum Gasteiger partial charge on any atom is -0.311 e. The highest BCUT2D eigenvalue weighted by atomic mass is 32.2. The molecule has 0 saturated carbocycles. The zero-order valence-electron chi connectivity index (χ0n) is 12.4. The van der Waals surface area contributed by atoms with Gasteiger partial charge in [-0.3, -0.25) is 4.90 Å². The Morgan fingerprint density at radius 3 is 2.39 bits per heavy atom. The first kappa shape index (κ1) is 15.9. The Hall–Kier alpha value is -0.130. The fourth-order valence-electron chi connectivity index (χ4n) is 2.40. The molecule has 108 valence electrons. The van der Waals surface area contributed by atoms with Crippen molar-refractivity contribution in [3.8, 4) is 0 Å². The van der Waals surface area contributed by atoms with E-state index in [-0.39, 0.29) is 11.2 Å². The van der Waals surface area contributed by atoms with Crippen molar-refractivity contribution in [2.75, 3.05) is 31.6 Å². The van der Waals surface area contributed by atoms with Gasteiger partial charge >= 0.3 is 0 Å². The van der Waals surface area contributed by atoms with Gasteiger partial charge in [-0.1, -0.05) is 27.7 Å². The maximum Gasteiger partial charge on any atom is 0.148 e. The molecular weight excluding hydrogens is 248 g/mol. The van der Waals surface area contributed by atoms with Crippen molar-refractivity contribution >= 4 is 9.84 Å². The Kier molecular flexibility index (Phi) is 5.21. The summed E-state index contributed by atoms with van der Waals surface area (Å²) >= 11 is 0. The van der Waals surface area contributed by atoms with Gasteiger partial charge in [0, 0.05) is 38.0 Å². The summed E-state index contributed by atoms with van der Waals surface area (Å²) in [4.78, 5) is 2.34. The number of sulfone groups is 1. The van der Waals surface area contributed by atoms with E-state index in [2.05, 4.69) is 37.9 Å². The molecular formula is C13H28N2O2S. The quantitative estimate of drug-likeness (QED) is 0.836. The van der Waals surface area contributed by atoms with Crippen molar-refractivity contribution in [3.63, 3.8) is 0 Å². The summed E-state index contributed by atoms with van der Waals surface area (Å²) < 4.78 is 22.6. The molecule has 4 nitrogen and oxygen atoms in total. The number of piperazine rings is 1. The third-order valence-corrected chi connectivity index (χ3v) is 4.72. The third-order valence-electron chi connectivity index (χ3n) is 3.80. The fraction of sp³-hybridized carbons (Fsp3) is 1.00. The minimum absolute atomic E-state index is 0.210. The molecule has 0 aromatic rings. The van der Waals surface area contributed by atoms with E-state index in [0.29, 0.717) is 18.6 Å². The smallest absolute Gasteiger partial charge is 0.148 e. The van der Waals surface area contributed by atoms with Crippen LogP contribution in [0, 0.1) is 5.41 Å². The van der Waals surface area contributed by atoms with Gasteiger partial charge < -0.3 is 5.32 Å². The van der Waals surface area contributed by atoms with Crippen LogP contribution >= 0.6 is 0 Å². The van der Waals surface area contributed by atoms with Crippen LogP contribution in [0.4, 0.5) is 0 Å². The van der Waals surface area contributed by atoms with Gasteiger partial charge in [-0.2, -0.15) is 0 Å². The summed E-state index contributed by atoms with van der Waals surface area (Å²) in [6.07, 6.45) is 2.38. The van der Waals surface area contributed by atoms with Gasteiger partial charge in [0.1, 0.15) is 9.84 Å². The van der Waals surface area contributed by atoms with E-state index >= 15 is 0 Å². The summed E-state index contributed by atoms with van der Waals surface area (Å²) in [5, 5.41) is 3.60. The summed E-state index contributed by atoms with van der Waals surface area (Å²) in [6.45, 7) is 11.4. The van der Waals surface area contributed by atoms with E-state index in [1.807, 2.05) is 0 Å². The van der Waals surface area contributed by atoms with Crippen molar-refractivity contribution in [3.05, 3.63) is 0 Å². The molecule has 0 spiro atoms. The normalized spacial score (nSPS) is 27.4. The van der Waals surface area contributed by atoms with Crippen LogP contribution in [-0.4, -0.2) is 57.0 Å². The van der Waals surface area contributed by atoms with Crippen LogP contribution < -0.4 is 5.32 Å². The van der Waals surface area contributed by atoms with Crippen molar-refractivity contribution in [2.45, 2.75) is 46.2 Å². The Labute approximate surface area is 112 Å². The number of hydrogen-bond donors (Lipinski definition) is 1. The van der Waals surface area contributed by atoms with E-state index in [1.54, 1.807) is 0 Å². The van der Waals surface area contributed by atoms with Gasteiger partial charge in [-0.05, 0) is 11.8 Å². The molecule has 0 radical (unpaired) electrons. The zero-order chi connectivity index (χ0) is 14.0. The molecule has 1 aliphatic heterocycles. The molecule has 1 saturated heterocycles. The number of hydrogen-bond acceptors (Lipinski definition) is 4. The van der Waals surface area contributed by atoms with Gasteiger partial charge in [-0.15, -0.1) is 0 Å². The highest BCUT2D eigenvalue weighted by Gasteiger charge is 2.33. The molecule has 0 aromatic carbocycles. The van der Waals surface area contributed by atoms with Crippen LogP contribution in [0.5, 0.6) is 0 Å². The lowest BCUT2D eigenvalue weighted by Gasteiger charge is -2.44. The number of nitrogens with one attached hydrogen (secondary N) is 1. The fourth-order valence-corrected chi connectivity index (χ4v) is 2.96. The topological polar surface area (TPSA) is 49.4 Å². The molecule has 1 rings (SSSR count). The highest BCUT2D eigenvalue weighted by Crippen LogP contribution is 2.24. The maximum atomic E-state index is 11.3. The van der Waals surface area contributed by atoms with E-state index in [0.717, 1.165) is 19.5 Å². The van der Waals surface area contributed by atoms with Crippen LogP contribution in [0.15, 0.2) is 0 Å². The SMILES string of the molecule is CCC1CNC(C(C)(C)C)CN1CCS(C)(=O)=O. The first-order valence-electron chi connectivity index (χ1n) is 6.78. The van der Waals surface area contributed by atoms with Crippen LogP contribution in [0.25, 0.3) is 0 Å². The lowest BCUT2D eigenvalue weighted by molar-refractivity contribution is 0.0890. The second-order valence-corrected chi connectivity index (χ2v) is 8.77. The second-order valence-electron chi connectivity index (χ2n) is 6.51. The molecule has 1 N–H and O–H groups in total. The molecule has 0 amide bonds. The summed E-state index contributed by atoms with van der Waals surface area (Å²) in [6, 6.07) is 0.894. The van der Waals surface area contributed by atoms with E-state index < -0.39 is 9.84 Å². The monoisotopic (exact) mass is 276 g/mol. The van der Waals surface area contributed by atoms with E-state index in [1.165, 1.54) is 6.26 Å². The molecule has 1 aliphatic rings. The molecule has 1 heterocycles. The molecule has 2 unspecified atom stereocenters. The first-order chi connectivity index (χ1) is 8.13. The van der Waals surface area contributed by atoms with Gasteiger partial charge in [-0.25, -0.2) is 8.42 Å². The molecule has 5 heteroatoms. The second kappa shape index (κ2) is 5.88. The average molecular weight is 276 g/mol. The van der Waals surface area contributed by atoms with Crippen molar-refractivity contribution in [1.29, 1.82) is 0 Å². The zero-order valence-corrected chi connectivity index (χ0v) is 13.2. The molecule has 2 atom stereocenters. The Morgan fingerprint density at radius 2 is 1.94 bits per heavy atom. The summed E-state index contributed by atoms with van der Waals surface area (Å²) in [5.74, 6) is 0.264. The number of rotatable bonds is 4. The third kappa shape index (κ3) is 4.86. The Bertz CT molecular complexity index is 360. The molecule has 1 fully saturated rings. The minimum atomic E-state index is -2.87.